The summed E-state index contributed by atoms with van der Waals surface area (Å²) in [6, 6.07) is 3.71. The molecular weight excluding hydrogens is 358 g/mol. The number of amides is 2. The fourth-order valence-corrected chi connectivity index (χ4v) is 4.86. The van der Waals surface area contributed by atoms with Gasteiger partial charge in [0.05, 0.1) is 5.56 Å². The molecule has 0 aliphatic carbocycles. The van der Waals surface area contributed by atoms with E-state index in [4.69, 9.17) is 0 Å². The number of carbonyl (C=O) groups excluding carboxylic acids is 2. The Bertz CT molecular complexity index is 694. The van der Waals surface area contributed by atoms with Gasteiger partial charge in [0.25, 0.3) is 5.91 Å². The molecule has 0 bridgehead atoms. The molecule has 1 atom stereocenters. The highest BCUT2D eigenvalue weighted by atomic mass is 32.2. The minimum atomic E-state index is 0.0561. The van der Waals surface area contributed by atoms with Crippen molar-refractivity contribution in [3.63, 3.8) is 0 Å². The van der Waals surface area contributed by atoms with Gasteiger partial charge in [0.1, 0.15) is 5.03 Å². The normalized spacial score (nSPS) is 23.3. The number of likely N-dealkylation sites (tertiary alicyclic amines) is 2. The van der Waals surface area contributed by atoms with Crippen molar-refractivity contribution in [3.05, 3.63) is 23.9 Å². The quantitative estimate of drug-likeness (QED) is 0.721. The van der Waals surface area contributed by atoms with Crippen molar-refractivity contribution in [1.82, 2.24) is 14.8 Å². The highest BCUT2D eigenvalue weighted by Gasteiger charge is 2.42. The molecule has 3 rings (SSSR count). The molecule has 1 aromatic rings. The number of aromatic nitrogens is 1. The SMILES string of the molecule is CSc1ncccc1C(=O)N1CCC[C@]2(CCC(=O)N(CCC(C)C)C2)C1. The van der Waals surface area contributed by atoms with Crippen molar-refractivity contribution < 1.29 is 9.59 Å². The lowest BCUT2D eigenvalue weighted by atomic mass is 9.73. The first-order valence-corrected chi connectivity index (χ1v) is 11.2. The maximum absolute atomic E-state index is 13.2. The fraction of sp³-hybridized carbons (Fsp3) is 0.667. The van der Waals surface area contributed by atoms with Crippen LogP contribution in [-0.4, -0.2) is 59.0 Å². The molecule has 2 fully saturated rings. The van der Waals surface area contributed by atoms with E-state index in [2.05, 4.69) is 23.7 Å². The van der Waals surface area contributed by atoms with Gasteiger partial charge < -0.3 is 9.80 Å². The Morgan fingerprint density at radius 2 is 2.15 bits per heavy atom. The summed E-state index contributed by atoms with van der Waals surface area (Å²) >= 11 is 1.51. The fourth-order valence-electron chi connectivity index (χ4n) is 4.32. The number of carbonyl (C=O) groups is 2. The van der Waals surface area contributed by atoms with Crippen LogP contribution in [-0.2, 0) is 4.79 Å². The second kappa shape index (κ2) is 8.63. The monoisotopic (exact) mass is 389 g/mol. The highest BCUT2D eigenvalue weighted by molar-refractivity contribution is 7.98. The summed E-state index contributed by atoms with van der Waals surface area (Å²) in [5, 5.41) is 0.791. The molecule has 1 aromatic heterocycles. The summed E-state index contributed by atoms with van der Waals surface area (Å²) in [5.74, 6) is 0.953. The van der Waals surface area contributed by atoms with Crippen LogP contribution in [0.15, 0.2) is 23.4 Å². The lowest BCUT2D eigenvalue weighted by Crippen LogP contribution is -2.55. The average Bonchev–Trinajstić information content (AvgIpc) is 2.68. The zero-order valence-corrected chi connectivity index (χ0v) is 17.6. The third-order valence-corrected chi connectivity index (χ3v) is 6.58. The first-order chi connectivity index (χ1) is 12.9. The standard InChI is InChI=1S/C21H31N3O2S/c1-16(2)8-13-23-14-21(10-7-18(23)25)9-5-12-24(15-21)20(26)17-6-4-11-22-19(17)27-3/h4,6,11,16H,5,7-10,12-15H2,1-3H3/t21-/m1/s1. The van der Waals surface area contributed by atoms with Crippen LogP contribution in [0.2, 0.25) is 0 Å². The zero-order valence-electron chi connectivity index (χ0n) is 16.7. The van der Waals surface area contributed by atoms with Gasteiger partial charge in [0.2, 0.25) is 5.91 Å². The molecule has 6 heteroatoms. The highest BCUT2D eigenvalue weighted by Crippen LogP contribution is 2.39. The Morgan fingerprint density at radius 3 is 2.89 bits per heavy atom. The van der Waals surface area contributed by atoms with Gasteiger partial charge in [0, 0.05) is 44.2 Å². The van der Waals surface area contributed by atoms with Crippen LogP contribution in [0.5, 0.6) is 0 Å². The second-order valence-electron chi connectivity index (χ2n) is 8.39. The van der Waals surface area contributed by atoms with Crippen molar-refractivity contribution in [2.45, 2.75) is 51.0 Å². The molecule has 2 aliphatic rings. The molecule has 27 heavy (non-hydrogen) atoms. The molecule has 148 valence electrons. The van der Waals surface area contributed by atoms with Gasteiger partial charge in [-0.3, -0.25) is 9.59 Å². The molecule has 1 spiro atoms. The van der Waals surface area contributed by atoms with Crippen LogP contribution in [0.25, 0.3) is 0 Å². The second-order valence-corrected chi connectivity index (χ2v) is 9.18. The van der Waals surface area contributed by atoms with Crippen molar-refractivity contribution >= 4 is 23.6 Å². The Labute approximate surface area is 166 Å². The first-order valence-electron chi connectivity index (χ1n) is 10.0. The lowest BCUT2D eigenvalue weighted by molar-refractivity contribution is -0.139. The Balaban J connectivity index is 1.73. The molecule has 0 saturated carbocycles. The van der Waals surface area contributed by atoms with E-state index in [1.54, 1.807) is 6.20 Å². The van der Waals surface area contributed by atoms with Gasteiger partial charge in [0.15, 0.2) is 0 Å². The maximum Gasteiger partial charge on any atom is 0.256 e. The first kappa shape index (κ1) is 20.2. The molecule has 0 N–H and O–H groups in total. The van der Waals surface area contributed by atoms with Gasteiger partial charge in [-0.15, -0.1) is 11.8 Å². The van der Waals surface area contributed by atoms with Crippen molar-refractivity contribution in [3.8, 4) is 0 Å². The minimum absolute atomic E-state index is 0.0561. The number of hydrogen-bond donors (Lipinski definition) is 0. The third-order valence-electron chi connectivity index (χ3n) is 5.87. The van der Waals surface area contributed by atoms with E-state index in [0.717, 1.165) is 56.9 Å². The van der Waals surface area contributed by atoms with Crippen molar-refractivity contribution in [2.75, 3.05) is 32.4 Å². The van der Waals surface area contributed by atoms with Gasteiger partial charge in [-0.2, -0.15) is 0 Å². The number of hydrogen-bond acceptors (Lipinski definition) is 4. The zero-order chi connectivity index (χ0) is 19.4. The molecule has 0 radical (unpaired) electrons. The number of rotatable bonds is 5. The van der Waals surface area contributed by atoms with Crippen LogP contribution in [0.3, 0.4) is 0 Å². The van der Waals surface area contributed by atoms with E-state index in [1.807, 2.05) is 23.3 Å². The summed E-state index contributed by atoms with van der Waals surface area (Å²) in [7, 11) is 0. The van der Waals surface area contributed by atoms with Crippen LogP contribution < -0.4 is 0 Å². The number of nitrogens with zero attached hydrogens (tertiary/aromatic N) is 3. The van der Waals surface area contributed by atoms with Crippen LogP contribution >= 0.6 is 11.8 Å². The summed E-state index contributed by atoms with van der Waals surface area (Å²) in [4.78, 5) is 33.9. The molecule has 2 aliphatic heterocycles. The van der Waals surface area contributed by atoms with E-state index in [0.29, 0.717) is 17.9 Å². The number of pyridine rings is 1. The molecular formula is C21H31N3O2S. The summed E-state index contributed by atoms with van der Waals surface area (Å²) in [5.41, 5.74) is 0.756. The van der Waals surface area contributed by atoms with E-state index in [1.165, 1.54) is 11.8 Å². The van der Waals surface area contributed by atoms with Gasteiger partial charge in [-0.1, -0.05) is 13.8 Å². The number of thioether (sulfide) groups is 1. The van der Waals surface area contributed by atoms with Crippen LogP contribution in [0.4, 0.5) is 0 Å². The smallest absolute Gasteiger partial charge is 0.256 e. The molecule has 2 amide bonds. The van der Waals surface area contributed by atoms with Gasteiger partial charge in [-0.05, 0) is 50.0 Å². The van der Waals surface area contributed by atoms with E-state index in [9.17, 15) is 9.59 Å². The largest absolute Gasteiger partial charge is 0.342 e. The van der Waals surface area contributed by atoms with E-state index in [-0.39, 0.29) is 17.2 Å². The summed E-state index contributed by atoms with van der Waals surface area (Å²) < 4.78 is 0. The molecule has 0 unspecified atom stereocenters. The van der Waals surface area contributed by atoms with E-state index >= 15 is 0 Å². The Kier molecular flexibility index (Phi) is 6.45. The van der Waals surface area contributed by atoms with Crippen molar-refractivity contribution in [2.24, 2.45) is 11.3 Å². The number of piperidine rings is 2. The summed E-state index contributed by atoms with van der Waals surface area (Å²) in [6.45, 7) is 7.57. The predicted octanol–water partition coefficient (Wildman–Crippen LogP) is 3.69. The van der Waals surface area contributed by atoms with Gasteiger partial charge >= 0.3 is 0 Å². The molecule has 0 aromatic carbocycles. The van der Waals surface area contributed by atoms with E-state index < -0.39 is 0 Å². The topological polar surface area (TPSA) is 53.5 Å². The van der Waals surface area contributed by atoms with Crippen LogP contribution in [0, 0.1) is 11.3 Å². The van der Waals surface area contributed by atoms with Crippen LogP contribution in [0.1, 0.15) is 56.3 Å². The Morgan fingerprint density at radius 1 is 1.33 bits per heavy atom. The Hall–Kier alpha value is -1.56. The predicted molar refractivity (Wildman–Crippen MR) is 109 cm³/mol. The van der Waals surface area contributed by atoms with Gasteiger partial charge in [-0.25, -0.2) is 4.98 Å². The summed E-state index contributed by atoms with van der Waals surface area (Å²) in [6.07, 6.45) is 8.35. The van der Waals surface area contributed by atoms with Crippen molar-refractivity contribution in [1.29, 1.82) is 0 Å². The average molecular weight is 390 g/mol. The molecule has 5 nitrogen and oxygen atoms in total. The lowest BCUT2D eigenvalue weighted by Gasteiger charge is -2.48. The maximum atomic E-state index is 13.2. The molecule has 3 heterocycles. The third kappa shape index (κ3) is 4.65. The minimum Gasteiger partial charge on any atom is -0.342 e. The molecule has 2 saturated heterocycles.